The lowest BCUT2D eigenvalue weighted by Crippen LogP contribution is -2.04. The Morgan fingerprint density at radius 3 is 0.824 bits per heavy atom. The van der Waals surface area contributed by atoms with E-state index in [4.69, 9.17) is 4.55 Å². The van der Waals surface area contributed by atoms with Gasteiger partial charge in [0.2, 0.25) is 34.9 Å². The molecule has 1 rings (SSSR count). The fourth-order valence-corrected chi connectivity index (χ4v) is 0.578. The quantitative estimate of drug-likeness (QED) is 0.343. The zero-order valence-electron chi connectivity index (χ0n) is 7.94. The lowest BCUT2D eigenvalue weighted by atomic mass is 10.3. The van der Waals surface area contributed by atoms with E-state index in [9.17, 15) is 34.8 Å². The minimum absolute atomic E-state index is 0.715. The topological polar surface area (TPSA) is 54.4 Å². The van der Waals surface area contributed by atoms with Gasteiger partial charge in [-0.25, -0.2) is 26.3 Å². The summed E-state index contributed by atoms with van der Waals surface area (Å²) in [5, 5.41) is 0. The van der Waals surface area contributed by atoms with Crippen LogP contribution in [0.4, 0.5) is 26.3 Å². The number of benzene rings is 1. The van der Waals surface area contributed by atoms with Gasteiger partial charge < -0.3 is 0 Å². The largest absolute Gasteiger partial charge is 0.286 e. The van der Waals surface area contributed by atoms with Crippen LogP contribution in [-0.4, -0.2) is 19.2 Å². The number of rotatable bonds is 0. The van der Waals surface area contributed by atoms with Crippen molar-refractivity contribution in [2.75, 3.05) is 6.26 Å². The summed E-state index contributed by atoms with van der Waals surface area (Å²) < 4.78 is 98.1. The molecule has 17 heavy (non-hydrogen) atoms. The van der Waals surface area contributed by atoms with Crippen LogP contribution in [0.15, 0.2) is 0 Å². The maximum atomic E-state index is 12.0. The molecule has 98 valence electrons. The van der Waals surface area contributed by atoms with Gasteiger partial charge in [-0.3, -0.25) is 4.55 Å². The Kier molecular flexibility index (Phi) is 4.95. The molecular weight excluding hydrogens is 278 g/mol. The summed E-state index contributed by atoms with van der Waals surface area (Å²) >= 11 is 0. The van der Waals surface area contributed by atoms with Crippen LogP contribution in [0, 0.1) is 34.9 Å². The Morgan fingerprint density at radius 2 is 0.765 bits per heavy atom. The van der Waals surface area contributed by atoms with Crippen LogP contribution in [0.5, 0.6) is 0 Å². The Labute approximate surface area is 91.4 Å². The van der Waals surface area contributed by atoms with Gasteiger partial charge in [-0.2, -0.15) is 8.42 Å². The highest BCUT2D eigenvalue weighted by atomic mass is 32.2. The van der Waals surface area contributed by atoms with Crippen LogP contribution in [0.2, 0.25) is 0 Å². The Hall–Kier alpha value is -1.29. The molecule has 0 aliphatic carbocycles. The van der Waals surface area contributed by atoms with Crippen LogP contribution in [0.1, 0.15) is 0 Å². The highest BCUT2D eigenvalue weighted by Crippen LogP contribution is 2.20. The fourth-order valence-electron chi connectivity index (χ4n) is 0.578. The van der Waals surface area contributed by atoms with E-state index in [0.717, 1.165) is 0 Å². The zero-order chi connectivity index (χ0) is 14.0. The summed E-state index contributed by atoms with van der Waals surface area (Å²) in [6, 6.07) is 0. The lowest BCUT2D eigenvalue weighted by molar-refractivity contribution is 0.334. The predicted octanol–water partition coefficient (Wildman–Crippen LogP) is 2.03. The first-order valence-electron chi connectivity index (χ1n) is 3.56. The zero-order valence-corrected chi connectivity index (χ0v) is 8.76. The van der Waals surface area contributed by atoms with Crippen molar-refractivity contribution < 1.29 is 39.3 Å². The molecule has 3 nitrogen and oxygen atoms in total. The van der Waals surface area contributed by atoms with Gasteiger partial charge >= 0.3 is 0 Å². The van der Waals surface area contributed by atoms with Crippen LogP contribution in [0.25, 0.3) is 0 Å². The third kappa shape index (κ3) is 4.61. The molecule has 0 radical (unpaired) electrons. The molecule has 0 heterocycles. The predicted molar refractivity (Wildman–Crippen MR) is 43.7 cm³/mol. The van der Waals surface area contributed by atoms with Crippen LogP contribution >= 0.6 is 0 Å². The molecule has 0 amide bonds. The molecule has 0 fully saturated rings. The van der Waals surface area contributed by atoms with Crippen LogP contribution < -0.4 is 0 Å². The maximum Gasteiger partial charge on any atom is 0.261 e. The average molecular weight is 282 g/mol. The van der Waals surface area contributed by atoms with Crippen molar-refractivity contribution >= 4 is 10.1 Å². The molecule has 0 atom stereocenters. The van der Waals surface area contributed by atoms with Crippen molar-refractivity contribution in [3.8, 4) is 0 Å². The first kappa shape index (κ1) is 15.7. The van der Waals surface area contributed by atoms with Crippen molar-refractivity contribution in [2.24, 2.45) is 0 Å². The van der Waals surface area contributed by atoms with E-state index < -0.39 is 45.0 Å². The van der Waals surface area contributed by atoms with Gasteiger partial charge in [-0.15, -0.1) is 0 Å². The van der Waals surface area contributed by atoms with E-state index >= 15 is 0 Å². The summed E-state index contributed by atoms with van der Waals surface area (Å²) in [4.78, 5) is 0. The number of hydrogen-bond acceptors (Lipinski definition) is 2. The highest BCUT2D eigenvalue weighted by molar-refractivity contribution is 7.85. The molecule has 0 aromatic heterocycles. The Bertz CT molecular complexity index is 414. The van der Waals surface area contributed by atoms with Crippen molar-refractivity contribution in [3.05, 3.63) is 34.9 Å². The Balaban J connectivity index is 0.000000437. The van der Waals surface area contributed by atoms with Gasteiger partial charge in [0.15, 0.2) is 0 Å². The molecule has 0 unspecified atom stereocenters. The first-order valence-corrected chi connectivity index (χ1v) is 5.41. The van der Waals surface area contributed by atoms with Crippen molar-refractivity contribution in [1.82, 2.24) is 0 Å². The maximum absolute atomic E-state index is 12.0. The van der Waals surface area contributed by atoms with Crippen LogP contribution in [-0.2, 0) is 10.1 Å². The summed E-state index contributed by atoms with van der Waals surface area (Å²) in [7, 11) is -3.67. The third-order valence-electron chi connectivity index (χ3n) is 1.16. The highest BCUT2D eigenvalue weighted by Gasteiger charge is 2.25. The second kappa shape index (κ2) is 5.36. The monoisotopic (exact) mass is 282 g/mol. The minimum atomic E-state index is -3.67. The molecular formula is C7H4F6O3S. The van der Waals surface area contributed by atoms with E-state index in [0.29, 0.717) is 6.26 Å². The van der Waals surface area contributed by atoms with E-state index in [2.05, 4.69) is 0 Å². The molecule has 0 saturated carbocycles. The van der Waals surface area contributed by atoms with Crippen molar-refractivity contribution in [3.63, 3.8) is 0 Å². The average Bonchev–Trinajstić information content (AvgIpc) is 2.18. The van der Waals surface area contributed by atoms with Gasteiger partial charge in [0.1, 0.15) is 0 Å². The normalized spacial score (nSPS) is 10.8. The smallest absolute Gasteiger partial charge is 0.261 e. The molecule has 0 spiro atoms. The molecule has 0 aliphatic rings. The lowest BCUT2D eigenvalue weighted by Gasteiger charge is -1.99. The minimum Gasteiger partial charge on any atom is -0.286 e. The second-order valence-electron chi connectivity index (χ2n) is 2.62. The first-order chi connectivity index (χ1) is 7.46. The van der Waals surface area contributed by atoms with Gasteiger partial charge in [-0.1, -0.05) is 0 Å². The molecule has 0 saturated heterocycles. The summed E-state index contributed by atoms with van der Waals surface area (Å²) in [6.07, 6.45) is 0.715. The summed E-state index contributed by atoms with van der Waals surface area (Å²) in [5.41, 5.74) is 0. The van der Waals surface area contributed by atoms with Gasteiger partial charge in [-0.05, 0) is 0 Å². The van der Waals surface area contributed by atoms with Gasteiger partial charge in [0.05, 0.1) is 6.26 Å². The standard InChI is InChI=1S/C6F6.CH4O3S/c7-1-2(8)4(10)6(12)5(11)3(1)9;1-5(2,3)4/h;1H3,(H,2,3,4). The number of halogens is 6. The van der Waals surface area contributed by atoms with Crippen molar-refractivity contribution in [1.29, 1.82) is 0 Å². The molecule has 10 heteroatoms. The number of hydrogen-bond donors (Lipinski definition) is 1. The van der Waals surface area contributed by atoms with E-state index in [-0.39, 0.29) is 0 Å². The summed E-state index contributed by atoms with van der Waals surface area (Å²) in [5.74, 6) is -14.2. The second-order valence-corrected chi connectivity index (χ2v) is 4.08. The van der Waals surface area contributed by atoms with E-state index in [1.807, 2.05) is 0 Å². The van der Waals surface area contributed by atoms with Gasteiger partial charge in [0.25, 0.3) is 10.1 Å². The fraction of sp³-hybridized carbons (Fsp3) is 0.143. The molecule has 1 N–H and O–H groups in total. The molecule has 0 aliphatic heterocycles. The molecule has 0 bridgehead atoms. The van der Waals surface area contributed by atoms with Crippen LogP contribution in [0.3, 0.4) is 0 Å². The van der Waals surface area contributed by atoms with E-state index in [1.54, 1.807) is 0 Å². The van der Waals surface area contributed by atoms with E-state index in [1.165, 1.54) is 0 Å². The third-order valence-corrected chi connectivity index (χ3v) is 1.16. The molecule has 1 aromatic carbocycles. The van der Waals surface area contributed by atoms with Crippen molar-refractivity contribution in [2.45, 2.75) is 0 Å². The molecule has 1 aromatic rings. The van der Waals surface area contributed by atoms with Gasteiger partial charge in [0, 0.05) is 0 Å². The SMILES string of the molecule is CS(=O)(=O)O.Fc1c(F)c(F)c(F)c(F)c1F. The Morgan fingerprint density at radius 1 is 0.706 bits per heavy atom. The summed E-state index contributed by atoms with van der Waals surface area (Å²) in [6.45, 7) is 0.